The Morgan fingerprint density at radius 1 is 0.981 bits per heavy atom. The summed E-state index contributed by atoms with van der Waals surface area (Å²) in [5.41, 5.74) is -5.80. The number of aliphatic hydroxyl groups is 2. The zero-order valence-corrected chi connectivity index (χ0v) is 34.0. The minimum atomic E-state index is -2.50. The van der Waals surface area contributed by atoms with E-state index in [2.05, 4.69) is 20.8 Å². The topological polar surface area (TPSA) is 155 Å². The second-order valence-electron chi connectivity index (χ2n) is 16.4. The summed E-state index contributed by atoms with van der Waals surface area (Å²) in [7, 11) is -2.50. The first-order chi connectivity index (χ1) is 24.9. The first kappa shape index (κ1) is 41.3. The number of rotatable bonds is 13. The van der Waals surface area contributed by atoms with E-state index in [9.17, 15) is 24.6 Å². The maximum atomic E-state index is 16.0. The average Bonchev–Trinajstić information content (AvgIpc) is 3.11. The van der Waals surface area contributed by atoms with Crippen LogP contribution in [0.4, 0.5) is 0 Å². The third-order valence-electron chi connectivity index (χ3n) is 13.5. The van der Waals surface area contributed by atoms with Gasteiger partial charge >= 0.3 is 17.9 Å². The molecule has 4 aliphatic rings. The maximum absolute atomic E-state index is 16.0. The fourth-order valence-corrected chi connectivity index (χ4v) is 12.8. The number of unbranched alkanes of at least 4 members (excludes halogenated alkanes) is 2. The molecule has 1 saturated heterocycles. The quantitative estimate of drug-likeness (QED) is 0.0773. The maximum Gasteiger partial charge on any atom is 0.338 e. The molecule has 0 spiro atoms. The number of hydrogen-bond acceptors (Lipinski definition) is 11. The molecular formula is C41H60O11Si. The van der Waals surface area contributed by atoms with Crippen LogP contribution in [0, 0.1) is 16.7 Å². The van der Waals surface area contributed by atoms with Gasteiger partial charge in [-0.05, 0) is 61.7 Å². The minimum absolute atomic E-state index is 0.0827. The lowest BCUT2D eigenvalue weighted by Crippen LogP contribution is -2.82. The van der Waals surface area contributed by atoms with Crippen molar-refractivity contribution in [2.24, 2.45) is 16.7 Å². The van der Waals surface area contributed by atoms with Gasteiger partial charge in [0.05, 0.1) is 35.7 Å². The highest BCUT2D eigenvalue weighted by Gasteiger charge is 2.78. The summed E-state index contributed by atoms with van der Waals surface area (Å²) in [6.07, 6.45) is -3.70. The molecule has 9 atom stereocenters. The van der Waals surface area contributed by atoms with Crippen LogP contribution in [0.15, 0.2) is 41.5 Å². The van der Waals surface area contributed by atoms with Crippen molar-refractivity contribution in [1.82, 2.24) is 0 Å². The normalized spacial score (nSPS) is 34.8. The third-order valence-corrected chi connectivity index (χ3v) is 18.1. The van der Waals surface area contributed by atoms with Crippen molar-refractivity contribution in [3.05, 3.63) is 47.0 Å². The Morgan fingerprint density at radius 3 is 2.17 bits per heavy atom. The van der Waals surface area contributed by atoms with Crippen molar-refractivity contribution in [3.63, 3.8) is 0 Å². The van der Waals surface area contributed by atoms with Gasteiger partial charge in [0, 0.05) is 31.6 Å². The number of benzene rings is 1. The largest absolute Gasteiger partial charge is 0.455 e. The van der Waals surface area contributed by atoms with E-state index in [1.165, 1.54) is 6.92 Å². The molecular weight excluding hydrogens is 697 g/mol. The van der Waals surface area contributed by atoms with E-state index in [-0.39, 0.29) is 37.0 Å². The van der Waals surface area contributed by atoms with Crippen LogP contribution in [0.25, 0.3) is 0 Å². The Kier molecular flexibility index (Phi) is 11.9. The van der Waals surface area contributed by atoms with Crippen LogP contribution in [0.1, 0.15) is 111 Å². The number of carbonyl (C=O) groups excluding carboxylic acids is 4. The molecule has 1 aliphatic heterocycles. The second kappa shape index (κ2) is 15.3. The van der Waals surface area contributed by atoms with Crippen molar-refractivity contribution in [1.29, 1.82) is 0 Å². The fourth-order valence-electron chi connectivity index (χ4n) is 9.90. The first-order valence-corrected chi connectivity index (χ1v) is 22.1. The highest BCUT2D eigenvalue weighted by atomic mass is 28.4. The van der Waals surface area contributed by atoms with Crippen LogP contribution in [0.5, 0.6) is 0 Å². The van der Waals surface area contributed by atoms with Gasteiger partial charge in [-0.2, -0.15) is 0 Å². The van der Waals surface area contributed by atoms with E-state index in [1.807, 2.05) is 6.92 Å². The molecule has 1 aromatic rings. The highest BCUT2D eigenvalue weighted by Crippen LogP contribution is 2.65. The molecule has 0 radical (unpaired) electrons. The Morgan fingerprint density at radius 2 is 1.62 bits per heavy atom. The summed E-state index contributed by atoms with van der Waals surface area (Å²) in [6, 6.07) is 10.6. The van der Waals surface area contributed by atoms with E-state index in [4.69, 9.17) is 23.4 Å². The molecule has 0 unspecified atom stereocenters. The number of fused-ring (bicyclic) bond motifs is 5. The van der Waals surface area contributed by atoms with Gasteiger partial charge in [0.2, 0.25) is 0 Å². The van der Waals surface area contributed by atoms with Crippen LogP contribution in [0.3, 0.4) is 0 Å². The predicted octanol–water partition coefficient (Wildman–Crippen LogP) is 6.24. The number of ketones is 1. The molecule has 2 N–H and O–H groups in total. The van der Waals surface area contributed by atoms with Crippen molar-refractivity contribution in [3.8, 4) is 0 Å². The van der Waals surface area contributed by atoms with Gasteiger partial charge in [0.1, 0.15) is 17.8 Å². The molecule has 12 heteroatoms. The van der Waals surface area contributed by atoms with Gasteiger partial charge in [0.15, 0.2) is 25.8 Å². The summed E-state index contributed by atoms with van der Waals surface area (Å²) in [5.74, 6) is -3.72. The Labute approximate surface area is 315 Å². The molecule has 294 valence electrons. The Bertz CT molecular complexity index is 1580. The zero-order chi connectivity index (χ0) is 39.1. The molecule has 2 bridgehead atoms. The molecule has 3 aliphatic carbocycles. The molecule has 11 nitrogen and oxygen atoms in total. The lowest BCUT2D eigenvalue weighted by molar-refractivity contribution is -0.344. The third kappa shape index (κ3) is 6.74. The average molecular weight is 757 g/mol. The standard InChI is InChI=1S/C41H60O11Si/c1-10-14-16-21-31(44)49-33-32-25(5)28(43)23-41(47,38(32,7)8)36(50-37(46)27-19-17-15-18-20-27)34-39(9,35(33)45)29(52-53(11-2,12-3)13-4)22-30-40(34,24-48-30)51-26(6)42/h15,17-20,28-30,33-34,36,43,47H,10-14,16,21-24H2,1-9H3/t28-,29-,30+,33+,34-,36-,39+,40-,41+/m0/s1. The summed E-state index contributed by atoms with van der Waals surface area (Å²) in [5, 5.41) is 25.2. The molecule has 3 fully saturated rings. The van der Waals surface area contributed by atoms with Crippen molar-refractivity contribution in [2.45, 2.75) is 161 Å². The zero-order valence-electron chi connectivity index (χ0n) is 33.0. The Hall–Kier alpha value is -2.90. The first-order valence-electron chi connectivity index (χ1n) is 19.5. The van der Waals surface area contributed by atoms with Crippen LogP contribution >= 0.6 is 0 Å². The van der Waals surface area contributed by atoms with Gasteiger partial charge < -0.3 is 33.6 Å². The van der Waals surface area contributed by atoms with Crippen LogP contribution < -0.4 is 0 Å². The summed E-state index contributed by atoms with van der Waals surface area (Å²) in [4.78, 5) is 57.0. The number of carbonyl (C=O) groups is 4. The van der Waals surface area contributed by atoms with Crippen LogP contribution in [-0.2, 0) is 37.8 Å². The Balaban J connectivity index is 1.85. The van der Waals surface area contributed by atoms with Crippen molar-refractivity contribution < 1.29 is 52.8 Å². The fraction of sp³-hybridized carbons (Fsp3) is 0.707. The number of Topliss-reactive ketones (excluding diaryl/α,β-unsaturated/α-hetero) is 1. The lowest BCUT2D eigenvalue weighted by Gasteiger charge is -2.68. The van der Waals surface area contributed by atoms with E-state index < -0.39 is 90.5 Å². The van der Waals surface area contributed by atoms with E-state index >= 15 is 4.79 Å². The monoisotopic (exact) mass is 756 g/mol. The summed E-state index contributed by atoms with van der Waals surface area (Å²) in [6.45, 7) is 16.3. The van der Waals surface area contributed by atoms with E-state index in [0.717, 1.165) is 31.0 Å². The minimum Gasteiger partial charge on any atom is -0.455 e. The highest BCUT2D eigenvalue weighted by molar-refractivity contribution is 6.73. The van der Waals surface area contributed by atoms with Crippen molar-refractivity contribution in [2.75, 3.05) is 6.61 Å². The number of ether oxygens (including phenoxy) is 4. The molecule has 2 saturated carbocycles. The SMILES string of the molecule is CCCCCC(=O)O[C@H]1C(=O)[C@]2(C)[C@@H](O[Si](CC)(CC)CC)C[C@H]3OC[C@@]3(OC(C)=O)[C@H]2[C@H](OC(=O)c2ccccc2)[C@]2(O)C[C@H](O)C(C)=C1C2(C)C. The summed E-state index contributed by atoms with van der Waals surface area (Å²) >= 11 is 0. The number of esters is 3. The number of hydrogen-bond donors (Lipinski definition) is 2. The molecule has 0 amide bonds. The molecule has 5 rings (SSSR count). The summed E-state index contributed by atoms with van der Waals surface area (Å²) < 4.78 is 32.5. The second-order valence-corrected chi connectivity index (χ2v) is 21.2. The van der Waals surface area contributed by atoms with Crippen LogP contribution in [0.2, 0.25) is 18.1 Å². The van der Waals surface area contributed by atoms with Gasteiger partial charge in [0.25, 0.3) is 0 Å². The van der Waals surface area contributed by atoms with Gasteiger partial charge in [-0.3, -0.25) is 14.4 Å². The molecule has 1 aromatic carbocycles. The van der Waals surface area contributed by atoms with Gasteiger partial charge in [-0.1, -0.05) is 72.6 Å². The van der Waals surface area contributed by atoms with Crippen LogP contribution in [-0.4, -0.2) is 90.6 Å². The molecule has 53 heavy (non-hydrogen) atoms. The lowest BCUT2D eigenvalue weighted by atomic mass is 9.44. The predicted molar refractivity (Wildman–Crippen MR) is 199 cm³/mol. The smallest absolute Gasteiger partial charge is 0.338 e. The van der Waals surface area contributed by atoms with Gasteiger partial charge in [-0.25, -0.2) is 4.79 Å². The molecule has 0 aromatic heterocycles. The van der Waals surface area contributed by atoms with Gasteiger partial charge in [-0.15, -0.1) is 0 Å². The van der Waals surface area contributed by atoms with Crippen molar-refractivity contribution >= 4 is 32.0 Å². The number of aliphatic hydroxyl groups excluding tert-OH is 1. The molecule has 1 heterocycles. The van der Waals surface area contributed by atoms with E-state index in [1.54, 1.807) is 58.0 Å². The van der Waals surface area contributed by atoms with E-state index in [0.29, 0.717) is 12.0 Å².